The first-order valence-electron chi connectivity index (χ1n) is 9.71. The summed E-state index contributed by atoms with van der Waals surface area (Å²) in [5, 5.41) is 10.8. The molecule has 166 valence electrons. The highest BCUT2D eigenvalue weighted by Crippen LogP contribution is 2.39. The van der Waals surface area contributed by atoms with Crippen LogP contribution in [0.15, 0.2) is 66.2 Å². The van der Waals surface area contributed by atoms with Gasteiger partial charge in [0, 0.05) is 22.8 Å². The molecule has 0 atom stereocenters. The number of rotatable bonds is 7. The second-order valence-electron chi connectivity index (χ2n) is 7.53. The van der Waals surface area contributed by atoms with Gasteiger partial charge in [-0.05, 0) is 11.6 Å². The summed E-state index contributed by atoms with van der Waals surface area (Å²) < 4.78 is 61.7. The molecule has 3 aromatic carbocycles. The molecule has 0 saturated carbocycles. The minimum absolute atomic E-state index is 0.123. The number of phenols is 1. The van der Waals surface area contributed by atoms with Gasteiger partial charge in [-0.3, -0.25) is 0 Å². The van der Waals surface area contributed by atoms with Gasteiger partial charge >= 0.3 is 0 Å². The number of benzene rings is 3. The lowest BCUT2D eigenvalue weighted by atomic mass is 9.77. The summed E-state index contributed by atoms with van der Waals surface area (Å²) in [7, 11) is 0. The van der Waals surface area contributed by atoms with Crippen LogP contribution in [0, 0.1) is 23.3 Å². The standard InChI is InChI=1S/C25H21F4NO2/c1-4-13-32-24-20(28)18(26)22(19(27)21(24)29)30-14-15-9-8-12-17(23(15)31)25(2,3)16-10-6-5-7-11-16/h4-12,14,31H,1,13H2,2-3H3. The van der Waals surface area contributed by atoms with Gasteiger partial charge in [0.2, 0.25) is 11.6 Å². The lowest BCUT2D eigenvalue weighted by Crippen LogP contribution is -2.19. The number of hydrogen-bond acceptors (Lipinski definition) is 3. The molecule has 1 N–H and O–H groups in total. The number of phenolic OH excluding ortho intramolecular Hbond substituents is 1. The zero-order valence-electron chi connectivity index (χ0n) is 17.5. The summed E-state index contributed by atoms with van der Waals surface area (Å²) in [5.41, 5.74) is -0.176. The first kappa shape index (κ1) is 23.1. The second-order valence-corrected chi connectivity index (χ2v) is 7.53. The van der Waals surface area contributed by atoms with Crippen molar-refractivity contribution in [2.45, 2.75) is 19.3 Å². The molecule has 3 rings (SSSR count). The Hall–Kier alpha value is -3.61. The topological polar surface area (TPSA) is 41.8 Å². The molecular weight excluding hydrogens is 422 g/mol. The van der Waals surface area contributed by atoms with Crippen LogP contribution < -0.4 is 4.74 Å². The maximum Gasteiger partial charge on any atom is 0.206 e. The number of hydrogen-bond donors (Lipinski definition) is 1. The zero-order chi connectivity index (χ0) is 23.5. The molecule has 0 fully saturated rings. The Kier molecular flexibility index (Phi) is 6.67. The first-order valence-corrected chi connectivity index (χ1v) is 9.71. The highest BCUT2D eigenvalue weighted by atomic mass is 19.2. The van der Waals surface area contributed by atoms with Crippen molar-refractivity contribution in [1.29, 1.82) is 0 Å². The molecule has 0 spiro atoms. The van der Waals surface area contributed by atoms with Gasteiger partial charge in [0.25, 0.3) is 0 Å². The minimum Gasteiger partial charge on any atom is -0.507 e. The molecule has 0 saturated heterocycles. The summed E-state index contributed by atoms with van der Waals surface area (Å²) >= 11 is 0. The predicted molar refractivity (Wildman–Crippen MR) is 116 cm³/mol. The van der Waals surface area contributed by atoms with Crippen molar-refractivity contribution in [2.75, 3.05) is 6.61 Å². The fourth-order valence-corrected chi connectivity index (χ4v) is 3.30. The average molecular weight is 443 g/mol. The SMILES string of the molecule is C=CCOc1c(F)c(F)c(N=Cc2cccc(C(C)(C)c3ccccc3)c2O)c(F)c1F. The van der Waals surface area contributed by atoms with Crippen molar-refractivity contribution in [1.82, 2.24) is 0 Å². The van der Waals surface area contributed by atoms with Crippen molar-refractivity contribution in [2.24, 2.45) is 4.99 Å². The molecule has 3 nitrogen and oxygen atoms in total. The predicted octanol–water partition coefficient (Wildman–Crippen LogP) is 6.59. The second kappa shape index (κ2) is 9.26. The van der Waals surface area contributed by atoms with Crippen LogP contribution in [0.4, 0.5) is 23.2 Å². The Morgan fingerprint density at radius 1 is 0.938 bits per heavy atom. The van der Waals surface area contributed by atoms with E-state index in [1.165, 1.54) is 12.1 Å². The smallest absolute Gasteiger partial charge is 0.206 e. The van der Waals surface area contributed by atoms with Crippen LogP contribution in [-0.4, -0.2) is 17.9 Å². The number of aliphatic imine (C=N–C) groups is 1. The van der Waals surface area contributed by atoms with Gasteiger partial charge in [-0.2, -0.15) is 8.78 Å². The summed E-state index contributed by atoms with van der Waals surface area (Å²) in [4.78, 5) is 3.58. The third-order valence-corrected chi connectivity index (χ3v) is 5.11. The Morgan fingerprint density at radius 3 is 2.16 bits per heavy atom. The van der Waals surface area contributed by atoms with Gasteiger partial charge in [0.05, 0.1) is 0 Å². The first-order chi connectivity index (χ1) is 15.2. The summed E-state index contributed by atoms with van der Waals surface area (Å²) in [6, 6.07) is 14.3. The maximum atomic E-state index is 14.4. The van der Waals surface area contributed by atoms with Crippen LogP contribution in [0.25, 0.3) is 0 Å². The lowest BCUT2D eigenvalue weighted by molar-refractivity contribution is 0.303. The Morgan fingerprint density at radius 2 is 1.56 bits per heavy atom. The number of nitrogens with zero attached hydrogens (tertiary/aromatic N) is 1. The van der Waals surface area contributed by atoms with Crippen molar-refractivity contribution in [3.05, 3.63) is 101 Å². The largest absolute Gasteiger partial charge is 0.507 e. The number of para-hydroxylation sites is 1. The summed E-state index contributed by atoms with van der Waals surface area (Å²) in [5.74, 6) is -8.19. The van der Waals surface area contributed by atoms with E-state index in [-0.39, 0.29) is 17.9 Å². The molecule has 0 amide bonds. The molecule has 0 bridgehead atoms. The summed E-state index contributed by atoms with van der Waals surface area (Å²) in [6.45, 7) is 6.78. The third-order valence-electron chi connectivity index (χ3n) is 5.11. The zero-order valence-corrected chi connectivity index (χ0v) is 17.5. The molecule has 0 aromatic heterocycles. The van der Waals surface area contributed by atoms with Crippen LogP contribution in [0.3, 0.4) is 0 Å². The number of aromatic hydroxyl groups is 1. The van der Waals surface area contributed by atoms with E-state index in [4.69, 9.17) is 0 Å². The van der Waals surface area contributed by atoms with Crippen molar-refractivity contribution >= 4 is 11.9 Å². The van der Waals surface area contributed by atoms with Crippen LogP contribution >= 0.6 is 0 Å². The highest BCUT2D eigenvalue weighted by Gasteiger charge is 2.28. The van der Waals surface area contributed by atoms with E-state index in [0.717, 1.165) is 11.8 Å². The molecule has 0 heterocycles. The van der Waals surface area contributed by atoms with E-state index >= 15 is 0 Å². The fraction of sp³-hybridized carbons (Fsp3) is 0.160. The number of ether oxygens (including phenoxy) is 1. The van der Waals surface area contributed by atoms with Crippen LogP contribution in [0.1, 0.15) is 30.5 Å². The van der Waals surface area contributed by atoms with E-state index in [0.29, 0.717) is 5.56 Å². The van der Waals surface area contributed by atoms with Crippen LogP contribution in [-0.2, 0) is 5.41 Å². The molecule has 7 heteroatoms. The highest BCUT2D eigenvalue weighted by molar-refractivity contribution is 5.86. The normalized spacial score (nSPS) is 11.7. The van der Waals surface area contributed by atoms with E-state index in [9.17, 15) is 22.7 Å². The molecule has 0 aliphatic rings. The Balaban J connectivity index is 2.03. The molecule has 32 heavy (non-hydrogen) atoms. The van der Waals surface area contributed by atoms with Gasteiger partial charge in [-0.1, -0.05) is 69.0 Å². The molecule has 0 unspecified atom stereocenters. The van der Waals surface area contributed by atoms with Crippen LogP contribution in [0.5, 0.6) is 11.5 Å². The quantitative estimate of drug-likeness (QED) is 0.194. The van der Waals surface area contributed by atoms with Gasteiger partial charge in [-0.15, -0.1) is 0 Å². The van der Waals surface area contributed by atoms with Gasteiger partial charge in [-0.25, -0.2) is 13.8 Å². The van der Waals surface area contributed by atoms with E-state index in [1.54, 1.807) is 12.1 Å². The average Bonchev–Trinajstić information content (AvgIpc) is 2.79. The van der Waals surface area contributed by atoms with Gasteiger partial charge in [0.15, 0.2) is 17.4 Å². The Bertz CT molecular complexity index is 1150. The third kappa shape index (κ3) is 4.23. The molecule has 0 radical (unpaired) electrons. The van der Waals surface area contributed by atoms with Crippen molar-refractivity contribution < 1.29 is 27.4 Å². The Labute approximate surface area is 183 Å². The molecule has 0 aliphatic heterocycles. The molecule has 3 aromatic rings. The van der Waals surface area contributed by atoms with Crippen LogP contribution in [0.2, 0.25) is 0 Å². The van der Waals surface area contributed by atoms with E-state index < -0.39 is 40.1 Å². The lowest BCUT2D eigenvalue weighted by Gasteiger charge is -2.27. The summed E-state index contributed by atoms with van der Waals surface area (Å²) in [6.07, 6.45) is 2.12. The fourth-order valence-electron chi connectivity index (χ4n) is 3.30. The van der Waals surface area contributed by atoms with Gasteiger partial charge < -0.3 is 9.84 Å². The molecular formula is C25H21F4NO2. The molecule has 0 aliphatic carbocycles. The van der Waals surface area contributed by atoms with E-state index in [2.05, 4.69) is 16.3 Å². The van der Waals surface area contributed by atoms with Gasteiger partial charge in [0.1, 0.15) is 18.0 Å². The maximum absolute atomic E-state index is 14.4. The number of halogens is 4. The van der Waals surface area contributed by atoms with Crippen molar-refractivity contribution in [3.63, 3.8) is 0 Å². The van der Waals surface area contributed by atoms with Crippen molar-refractivity contribution in [3.8, 4) is 11.5 Å². The minimum atomic E-state index is -1.71. The van der Waals surface area contributed by atoms with E-state index in [1.807, 2.05) is 44.2 Å². The monoisotopic (exact) mass is 443 g/mol.